The maximum absolute atomic E-state index is 14.5. The van der Waals surface area contributed by atoms with Crippen LogP contribution in [0, 0.1) is 5.92 Å². The highest BCUT2D eigenvalue weighted by molar-refractivity contribution is 8.20. The highest BCUT2D eigenvalue weighted by Gasteiger charge is 2.48. The van der Waals surface area contributed by atoms with E-state index in [0.29, 0.717) is 11.5 Å². The molecule has 2 rings (SSSR count). The zero-order valence-electron chi connectivity index (χ0n) is 21.0. The lowest BCUT2D eigenvalue weighted by Gasteiger charge is -2.39. The van der Waals surface area contributed by atoms with E-state index < -0.39 is 55.5 Å². The van der Waals surface area contributed by atoms with Crippen molar-refractivity contribution in [2.45, 2.75) is 75.1 Å². The topological polar surface area (TPSA) is 82.1 Å². The third kappa shape index (κ3) is 8.45. The molecule has 0 bridgehead atoms. The molecule has 198 valence electrons. The number of halogens is 2. The van der Waals surface area contributed by atoms with E-state index in [1.165, 1.54) is 35.7 Å². The van der Waals surface area contributed by atoms with Gasteiger partial charge < -0.3 is 19.0 Å². The third-order valence-corrected chi connectivity index (χ3v) is 14.0. The van der Waals surface area contributed by atoms with Gasteiger partial charge in [0.25, 0.3) is 0 Å². The second-order valence-electron chi connectivity index (χ2n) is 9.97. The summed E-state index contributed by atoms with van der Waals surface area (Å²) >= 11 is 2.81. The average molecular weight is 551 g/mol. The quantitative estimate of drug-likeness (QED) is 0.297. The van der Waals surface area contributed by atoms with Crippen LogP contribution in [0.15, 0.2) is 30.3 Å². The van der Waals surface area contributed by atoms with Crippen LogP contribution in [0.1, 0.15) is 38.1 Å². The number of alkyl halides is 2. The number of esters is 2. The van der Waals surface area contributed by atoms with Gasteiger partial charge in [-0.1, -0.05) is 39.0 Å². The van der Waals surface area contributed by atoms with E-state index in [9.17, 15) is 23.5 Å². The molecule has 4 atom stereocenters. The summed E-state index contributed by atoms with van der Waals surface area (Å²) in [6.07, 6.45) is -7.48. The van der Waals surface area contributed by atoms with E-state index in [0.717, 1.165) is 6.92 Å². The molecular weight excluding hydrogens is 514 g/mol. The lowest BCUT2D eigenvalue weighted by molar-refractivity contribution is -0.167. The molecule has 0 spiro atoms. The normalized spacial score (nSPS) is 18.7. The molecule has 1 aromatic rings. The Hall–Kier alpha value is -1.14. The fourth-order valence-electron chi connectivity index (χ4n) is 3.30. The molecule has 1 N–H and O–H groups in total. The summed E-state index contributed by atoms with van der Waals surface area (Å²) in [7, 11) is -2.33. The van der Waals surface area contributed by atoms with Crippen molar-refractivity contribution in [3.63, 3.8) is 0 Å². The molecule has 1 saturated heterocycles. The van der Waals surface area contributed by atoms with Gasteiger partial charge >= 0.3 is 11.9 Å². The van der Waals surface area contributed by atoms with Crippen molar-refractivity contribution in [1.82, 2.24) is 0 Å². The molecule has 0 saturated carbocycles. The second-order valence-corrected chi connectivity index (χ2v) is 17.6. The van der Waals surface area contributed by atoms with Crippen molar-refractivity contribution in [3.8, 4) is 0 Å². The Morgan fingerprint density at radius 2 is 1.69 bits per heavy atom. The smallest absolute Gasteiger partial charge is 0.338 e. The van der Waals surface area contributed by atoms with Gasteiger partial charge in [0.2, 0.25) is 6.43 Å². The maximum Gasteiger partial charge on any atom is 0.338 e. The van der Waals surface area contributed by atoms with Crippen molar-refractivity contribution in [2.24, 2.45) is 5.92 Å². The van der Waals surface area contributed by atoms with Crippen molar-refractivity contribution in [2.75, 3.05) is 18.1 Å². The van der Waals surface area contributed by atoms with Gasteiger partial charge in [-0.05, 0) is 30.3 Å². The molecule has 1 aliphatic heterocycles. The van der Waals surface area contributed by atoms with Gasteiger partial charge in [-0.2, -0.15) is 0 Å². The first-order valence-electron chi connectivity index (χ1n) is 11.5. The second kappa shape index (κ2) is 12.9. The number of aliphatic hydroxyl groups is 1. The molecule has 0 aromatic heterocycles. The summed E-state index contributed by atoms with van der Waals surface area (Å²) < 4.78 is 45.6. The zero-order chi connectivity index (χ0) is 26.4. The summed E-state index contributed by atoms with van der Waals surface area (Å²) in [4.78, 5) is 24.6. The number of aliphatic hydroxyl groups excluding tert-OH is 1. The Labute approximate surface area is 216 Å². The summed E-state index contributed by atoms with van der Waals surface area (Å²) in [6, 6.07) is 8.11. The molecule has 0 amide bonds. The maximum atomic E-state index is 14.5. The first-order valence-corrected chi connectivity index (χ1v) is 16.5. The van der Waals surface area contributed by atoms with Gasteiger partial charge in [-0.15, -0.1) is 23.5 Å². The lowest BCUT2D eigenvalue weighted by atomic mass is 9.93. The Morgan fingerprint density at radius 3 is 2.17 bits per heavy atom. The predicted octanol–water partition coefficient (Wildman–Crippen LogP) is 5.21. The van der Waals surface area contributed by atoms with Crippen LogP contribution >= 0.6 is 23.5 Å². The van der Waals surface area contributed by atoms with E-state index in [4.69, 9.17) is 13.9 Å². The SMILES string of the molecule is CC(=O)O[C@H](CO[Si](C)(C)C(C)(C)C)[C@@H](O)[C@@H](C(F)F)[C@@H](OC(=O)c1ccccc1)C1SCCS1. The van der Waals surface area contributed by atoms with Crippen LogP contribution in [0.4, 0.5) is 8.78 Å². The number of ether oxygens (including phenoxy) is 2. The number of carbonyl (C=O) groups is 2. The van der Waals surface area contributed by atoms with Crippen LogP contribution in [0.5, 0.6) is 0 Å². The highest BCUT2D eigenvalue weighted by Crippen LogP contribution is 2.42. The standard InChI is InChI=1S/C24H36F2O6S2Si/c1-15(27)31-17(14-30-35(5,6)24(2,3)4)19(28)18(21(25)26)20(23-33-12-13-34-23)32-22(29)16-10-8-7-9-11-16/h7-11,17-21,23,28H,12-14H2,1-6H3/t17-,18-,19-,20-/m1/s1. The number of thioether (sulfide) groups is 2. The van der Waals surface area contributed by atoms with Gasteiger partial charge in [0.05, 0.1) is 22.7 Å². The van der Waals surface area contributed by atoms with Gasteiger partial charge in [0, 0.05) is 18.4 Å². The van der Waals surface area contributed by atoms with Gasteiger partial charge in [-0.3, -0.25) is 4.79 Å². The molecule has 1 heterocycles. The molecule has 11 heteroatoms. The van der Waals surface area contributed by atoms with E-state index in [1.54, 1.807) is 18.2 Å². The molecule has 0 radical (unpaired) electrons. The number of carbonyl (C=O) groups excluding carboxylic acids is 2. The van der Waals surface area contributed by atoms with Crippen molar-refractivity contribution in [3.05, 3.63) is 35.9 Å². The van der Waals surface area contributed by atoms with Crippen LogP contribution in [0.25, 0.3) is 0 Å². The Balaban J connectivity index is 2.34. The summed E-state index contributed by atoms with van der Waals surface area (Å²) in [5, 5.41) is 11.0. The van der Waals surface area contributed by atoms with Gasteiger partial charge in [-0.25, -0.2) is 13.6 Å². The molecule has 0 aliphatic carbocycles. The number of benzene rings is 1. The predicted molar refractivity (Wildman–Crippen MR) is 139 cm³/mol. The van der Waals surface area contributed by atoms with E-state index in [1.807, 2.05) is 33.9 Å². The number of rotatable bonds is 11. The van der Waals surface area contributed by atoms with Crippen LogP contribution in [0.3, 0.4) is 0 Å². The van der Waals surface area contributed by atoms with Crippen molar-refractivity contribution < 1.29 is 37.4 Å². The fraction of sp³-hybridized carbons (Fsp3) is 0.667. The van der Waals surface area contributed by atoms with Crippen LogP contribution in [-0.4, -0.2) is 72.8 Å². The van der Waals surface area contributed by atoms with Crippen LogP contribution in [0.2, 0.25) is 18.1 Å². The van der Waals surface area contributed by atoms with E-state index >= 15 is 0 Å². The average Bonchev–Trinajstić information content (AvgIpc) is 3.30. The van der Waals surface area contributed by atoms with E-state index in [-0.39, 0.29) is 17.2 Å². The fourth-order valence-corrected chi connectivity index (χ4v) is 7.37. The largest absolute Gasteiger partial charge is 0.457 e. The Morgan fingerprint density at radius 1 is 1.11 bits per heavy atom. The molecule has 1 aliphatic rings. The Bertz CT molecular complexity index is 831. The minimum Gasteiger partial charge on any atom is -0.457 e. The molecule has 1 fully saturated rings. The first kappa shape index (κ1) is 30.1. The molecule has 1 aromatic carbocycles. The summed E-state index contributed by atoms with van der Waals surface area (Å²) in [5.41, 5.74) is 0.228. The molecule has 0 unspecified atom stereocenters. The Kier molecular flexibility index (Phi) is 11.1. The van der Waals surface area contributed by atoms with Crippen molar-refractivity contribution in [1.29, 1.82) is 0 Å². The first-order chi connectivity index (χ1) is 16.2. The minimum absolute atomic E-state index is 0.175. The van der Waals surface area contributed by atoms with Crippen molar-refractivity contribution >= 4 is 43.8 Å². The lowest BCUT2D eigenvalue weighted by Crippen LogP contribution is -2.52. The number of hydrogen-bond acceptors (Lipinski definition) is 8. The van der Waals surface area contributed by atoms with Crippen LogP contribution in [-0.2, 0) is 18.7 Å². The summed E-state index contributed by atoms with van der Waals surface area (Å²) in [5.74, 6) is -1.82. The minimum atomic E-state index is -3.04. The molecule has 6 nitrogen and oxygen atoms in total. The van der Waals surface area contributed by atoms with Gasteiger partial charge in [0.15, 0.2) is 14.4 Å². The van der Waals surface area contributed by atoms with Crippen LogP contribution < -0.4 is 0 Å². The number of hydrogen-bond donors (Lipinski definition) is 1. The molecule has 35 heavy (non-hydrogen) atoms. The summed E-state index contributed by atoms with van der Waals surface area (Å²) in [6.45, 7) is 10.9. The highest BCUT2D eigenvalue weighted by atomic mass is 32.2. The molecular formula is C24H36F2O6S2Si. The monoisotopic (exact) mass is 550 g/mol. The zero-order valence-corrected chi connectivity index (χ0v) is 23.7. The van der Waals surface area contributed by atoms with Gasteiger partial charge in [0.1, 0.15) is 12.2 Å². The van der Waals surface area contributed by atoms with E-state index in [2.05, 4.69) is 0 Å². The third-order valence-electron chi connectivity index (χ3n) is 6.35.